The fourth-order valence-corrected chi connectivity index (χ4v) is 4.16. The van der Waals surface area contributed by atoms with Gasteiger partial charge in [-0.15, -0.1) is 0 Å². The number of non-ortho nitro benzene ring substituents is 1. The number of ether oxygens (including phenoxy) is 1. The summed E-state index contributed by atoms with van der Waals surface area (Å²) in [6.45, 7) is 4.02. The molecule has 2 N–H and O–H groups in total. The topological polar surface area (TPSA) is 158 Å². The molecule has 0 fully saturated rings. The Bertz CT molecular complexity index is 1290. The first-order chi connectivity index (χ1) is 16.1. The molecular weight excluding hydrogens is 464 g/mol. The summed E-state index contributed by atoms with van der Waals surface area (Å²) < 4.78 is 35.1. The summed E-state index contributed by atoms with van der Waals surface area (Å²) in [7, 11) is -2.60. The van der Waals surface area contributed by atoms with Crippen LogP contribution in [0.2, 0.25) is 0 Å². The fourth-order valence-electron chi connectivity index (χ4n) is 2.80. The van der Waals surface area contributed by atoms with Gasteiger partial charge in [-0.2, -0.15) is 5.10 Å². The summed E-state index contributed by atoms with van der Waals surface area (Å²) in [6.07, 6.45) is 3.25. The number of carbonyl (C=O) groups excluding carboxylic acids is 1. The van der Waals surface area contributed by atoms with Crippen LogP contribution in [-0.2, 0) is 23.6 Å². The van der Waals surface area contributed by atoms with Crippen molar-refractivity contribution in [1.82, 2.24) is 24.8 Å². The zero-order chi connectivity index (χ0) is 24.9. The van der Waals surface area contributed by atoms with Crippen LogP contribution in [0.5, 0.6) is 11.6 Å². The molecule has 3 aromatic rings. The van der Waals surface area contributed by atoms with Crippen molar-refractivity contribution in [2.45, 2.75) is 25.3 Å². The van der Waals surface area contributed by atoms with Crippen LogP contribution in [0.15, 0.2) is 53.7 Å². The van der Waals surface area contributed by atoms with Gasteiger partial charge in [-0.25, -0.2) is 17.8 Å². The second kappa shape index (κ2) is 10.4. The van der Waals surface area contributed by atoms with E-state index in [1.54, 1.807) is 18.5 Å². The number of sulfonamides is 1. The van der Waals surface area contributed by atoms with Crippen LogP contribution in [-0.4, -0.2) is 40.6 Å². The summed E-state index contributed by atoms with van der Waals surface area (Å²) in [5.74, 6) is -0.528. The third-order valence-electron chi connectivity index (χ3n) is 4.57. The summed E-state index contributed by atoms with van der Waals surface area (Å²) >= 11 is 0. The lowest BCUT2D eigenvalue weighted by molar-refractivity contribution is -0.385. The Kier molecular flexibility index (Phi) is 7.58. The lowest BCUT2D eigenvalue weighted by Crippen LogP contribution is -2.28. The third kappa shape index (κ3) is 6.14. The third-order valence-corrected chi connectivity index (χ3v) is 6.01. The highest BCUT2D eigenvalue weighted by Gasteiger charge is 2.25. The number of aromatic nitrogens is 3. The van der Waals surface area contributed by atoms with Crippen LogP contribution in [0.4, 0.5) is 5.69 Å². The predicted octanol–water partition coefficient (Wildman–Crippen LogP) is 2.38. The van der Waals surface area contributed by atoms with Gasteiger partial charge in [0.15, 0.2) is 5.69 Å². The number of rotatable bonds is 10. The Hall–Kier alpha value is -3.84. The zero-order valence-electron chi connectivity index (χ0n) is 18.8. The number of nitro groups is 1. The van der Waals surface area contributed by atoms with E-state index in [1.165, 1.54) is 23.9 Å². The maximum absolute atomic E-state index is 12.8. The minimum atomic E-state index is -4.12. The Labute approximate surface area is 196 Å². The number of aryl methyl sites for hydroxylation is 1. The molecule has 1 aromatic carbocycles. The fraction of sp³-hybridized carbons (Fsp3) is 0.286. The maximum Gasteiger partial charge on any atom is 0.272 e. The minimum Gasteiger partial charge on any atom is -0.438 e. The van der Waals surface area contributed by atoms with Gasteiger partial charge in [0, 0.05) is 50.7 Å². The van der Waals surface area contributed by atoms with Crippen molar-refractivity contribution in [1.29, 1.82) is 0 Å². The molecule has 0 aliphatic heterocycles. The number of nitro benzene ring substituents is 1. The van der Waals surface area contributed by atoms with Gasteiger partial charge < -0.3 is 10.1 Å². The summed E-state index contributed by atoms with van der Waals surface area (Å²) in [5, 5.41) is 18.0. The standard InChI is InChI=1S/C21H24N6O6S/c1-14(2)11-24-34(31,32)19-9-16(27(29)30)6-7-18(19)33-20-10-17(25-26(20)3)21(28)23-13-15-5-4-8-22-12-15/h4-10,12,14,24H,11,13H2,1-3H3,(H,23,28). The number of hydrogen-bond acceptors (Lipinski definition) is 8. The van der Waals surface area contributed by atoms with E-state index >= 15 is 0 Å². The predicted molar refractivity (Wildman–Crippen MR) is 122 cm³/mol. The molecule has 2 aromatic heterocycles. The first-order valence-corrected chi connectivity index (χ1v) is 11.7. The van der Waals surface area contributed by atoms with Crippen LogP contribution >= 0.6 is 0 Å². The molecule has 12 nitrogen and oxygen atoms in total. The van der Waals surface area contributed by atoms with Crippen LogP contribution < -0.4 is 14.8 Å². The summed E-state index contributed by atoms with van der Waals surface area (Å²) in [4.78, 5) is 26.6. The zero-order valence-corrected chi connectivity index (χ0v) is 19.6. The average Bonchev–Trinajstić information content (AvgIpc) is 3.17. The SMILES string of the molecule is CC(C)CNS(=O)(=O)c1cc([N+](=O)[O-])ccc1Oc1cc(C(=O)NCc2cccnc2)nn1C. The van der Waals surface area contributed by atoms with Crippen molar-refractivity contribution in [3.63, 3.8) is 0 Å². The van der Waals surface area contributed by atoms with Crippen LogP contribution in [0.1, 0.15) is 29.9 Å². The molecule has 3 rings (SSSR count). The Morgan fingerprint density at radius 2 is 2.03 bits per heavy atom. The molecular formula is C21H24N6O6S. The molecule has 13 heteroatoms. The van der Waals surface area contributed by atoms with E-state index in [0.717, 1.165) is 17.7 Å². The molecule has 0 spiro atoms. The van der Waals surface area contributed by atoms with E-state index in [0.29, 0.717) is 0 Å². The van der Waals surface area contributed by atoms with Crippen molar-refractivity contribution in [3.8, 4) is 11.6 Å². The molecule has 0 radical (unpaired) electrons. The van der Waals surface area contributed by atoms with E-state index in [1.807, 2.05) is 19.9 Å². The highest BCUT2D eigenvalue weighted by molar-refractivity contribution is 7.89. The number of nitrogens with one attached hydrogen (secondary N) is 2. The molecule has 0 aliphatic carbocycles. The highest BCUT2D eigenvalue weighted by atomic mass is 32.2. The van der Waals surface area contributed by atoms with Crippen LogP contribution in [0, 0.1) is 16.0 Å². The lowest BCUT2D eigenvalue weighted by atomic mass is 10.2. The Balaban J connectivity index is 1.85. The molecule has 0 saturated heterocycles. The Morgan fingerprint density at radius 1 is 1.26 bits per heavy atom. The quantitative estimate of drug-likeness (QED) is 0.325. The number of nitrogens with zero attached hydrogens (tertiary/aromatic N) is 4. The average molecular weight is 489 g/mol. The Morgan fingerprint density at radius 3 is 2.68 bits per heavy atom. The van der Waals surface area contributed by atoms with Crippen molar-refractivity contribution < 1.29 is 22.9 Å². The molecule has 0 atom stereocenters. The van der Waals surface area contributed by atoms with Crippen molar-refractivity contribution in [2.75, 3.05) is 6.54 Å². The molecule has 0 unspecified atom stereocenters. The van der Waals surface area contributed by atoms with Gasteiger partial charge in [0.1, 0.15) is 10.6 Å². The maximum atomic E-state index is 12.8. The number of pyridine rings is 1. The molecule has 180 valence electrons. The van der Waals surface area contributed by atoms with Gasteiger partial charge in [-0.3, -0.25) is 19.9 Å². The first kappa shape index (κ1) is 24.8. The summed E-state index contributed by atoms with van der Waals surface area (Å²) in [5.41, 5.74) is 0.446. The van der Waals surface area contributed by atoms with Gasteiger partial charge in [0.2, 0.25) is 15.9 Å². The minimum absolute atomic E-state index is 0.0163. The van der Waals surface area contributed by atoms with Gasteiger partial charge in [0.05, 0.1) is 4.92 Å². The molecule has 0 saturated carbocycles. The molecule has 0 aliphatic rings. The first-order valence-electron chi connectivity index (χ1n) is 10.2. The smallest absolute Gasteiger partial charge is 0.272 e. The normalized spacial score (nSPS) is 11.4. The number of carbonyl (C=O) groups is 1. The van der Waals surface area contributed by atoms with Crippen molar-refractivity contribution in [3.05, 3.63) is 70.2 Å². The van der Waals surface area contributed by atoms with E-state index in [9.17, 15) is 23.3 Å². The van der Waals surface area contributed by atoms with Crippen molar-refractivity contribution >= 4 is 21.6 Å². The largest absolute Gasteiger partial charge is 0.438 e. The molecule has 1 amide bonds. The van der Waals surface area contributed by atoms with Crippen LogP contribution in [0.3, 0.4) is 0 Å². The van der Waals surface area contributed by atoms with Gasteiger partial charge >= 0.3 is 0 Å². The molecule has 34 heavy (non-hydrogen) atoms. The van der Waals surface area contributed by atoms with Gasteiger partial charge in [0.25, 0.3) is 11.6 Å². The van der Waals surface area contributed by atoms with Gasteiger partial charge in [-0.1, -0.05) is 19.9 Å². The van der Waals surface area contributed by atoms with E-state index in [-0.39, 0.29) is 36.3 Å². The number of hydrogen-bond donors (Lipinski definition) is 2. The summed E-state index contributed by atoms with van der Waals surface area (Å²) in [6, 6.07) is 8.16. The van der Waals surface area contributed by atoms with Gasteiger partial charge in [-0.05, 0) is 23.6 Å². The molecule has 0 bridgehead atoms. The van der Waals surface area contributed by atoms with E-state index < -0.39 is 31.4 Å². The highest BCUT2D eigenvalue weighted by Crippen LogP contribution is 2.32. The van der Waals surface area contributed by atoms with Crippen LogP contribution in [0.25, 0.3) is 0 Å². The second-order valence-electron chi connectivity index (χ2n) is 7.77. The van der Waals surface area contributed by atoms with Crippen molar-refractivity contribution in [2.24, 2.45) is 13.0 Å². The van der Waals surface area contributed by atoms with E-state index in [2.05, 4.69) is 20.1 Å². The monoisotopic (exact) mass is 488 g/mol. The number of benzene rings is 1. The van der Waals surface area contributed by atoms with E-state index in [4.69, 9.17) is 4.74 Å². The molecule has 2 heterocycles. The lowest BCUT2D eigenvalue weighted by Gasteiger charge is -2.13. The second-order valence-corrected chi connectivity index (χ2v) is 9.51. The number of amides is 1.